The van der Waals surface area contributed by atoms with Crippen molar-refractivity contribution in [2.75, 3.05) is 22.9 Å². The summed E-state index contributed by atoms with van der Waals surface area (Å²) in [5, 5.41) is 6.01. The third-order valence-electron chi connectivity index (χ3n) is 5.48. The van der Waals surface area contributed by atoms with E-state index in [0.717, 1.165) is 23.4 Å². The number of hydrogen-bond donors (Lipinski definition) is 3. The van der Waals surface area contributed by atoms with Gasteiger partial charge in [0.05, 0.1) is 17.4 Å². The second kappa shape index (κ2) is 10.5. The fourth-order valence-corrected chi connectivity index (χ4v) is 3.66. The number of rotatable bonds is 7. The standard InChI is InChI=1S/C27H24F3N5O/c1-17-5-11-22(18-6-8-19(9-7-18)27(28,29)30)23(15-17)26(36)35-21-10-12-25(33-16-21)32-14-13-20-3-2-4-24(31)34-20/h2-12,15-16H,13-14H2,1H3,(H2,31,34)(H,32,33)(H,35,36). The monoisotopic (exact) mass is 491 g/mol. The molecule has 0 aliphatic heterocycles. The van der Waals surface area contributed by atoms with Gasteiger partial charge in [-0.3, -0.25) is 4.79 Å². The van der Waals surface area contributed by atoms with Gasteiger partial charge in [-0.2, -0.15) is 13.2 Å². The second-order valence-corrected chi connectivity index (χ2v) is 8.24. The van der Waals surface area contributed by atoms with Gasteiger partial charge in [-0.1, -0.05) is 35.9 Å². The molecule has 9 heteroatoms. The number of benzene rings is 2. The number of carbonyl (C=O) groups excluding carboxylic acids is 1. The molecule has 0 bridgehead atoms. The minimum absolute atomic E-state index is 0.353. The molecule has 0 radical (unpaired) electrons. The molecule has 4 N–H and O–H groups in total. The van der Waals surface area contributed by atoms with Crippen LogP contribution >= 0.6 is 0 Å². The first-order chi connectivity index (χ1) is 17.2. The van der Waals surface area contributed by atoms with E-state index in [1.54, 1.807) is 30.3 Å². The topological polar surface area (TPSA) is 92.9 Å². The lowest BCUT2D eigenvalue weighted by atomic mass is 9.96. The van der Waals surface area contributed by atoms with Crippen LogP contribution in [0.5, 0.6) is 0 Å². The van der Waals surface area contributed by atoms with E-state index in [9.17, 15) is 18.0 Å². The Morgan fingerprint density at radius 2 is 1.78 bits per heavy atom. The Labute approximate surface area is 206 Å². The van der Waals surface area contributed by atoms with Gasteiger partial charge in [-0.05, 0) is 60.5 Å². The van der Waals surface area contributed by atoms with Crippen LogP contribution in [0.2, 0.25) is 0 Å². The van der Waals surface area contributed by atoms with Gasteiger partial charge in [-0.15, -0.1) is 0 Å². The Balaban J connectivity index is 1.43. The molecule has 0 unspecified atom stereocenters. The molecule has 4 rings (SSSR count). The van der Waals surface area contributed by atoms with Gasteiger partial charge < -0.3 is 16.4 Å². The van der Waals surface area contributed by atoms with E-state index in [1.807, 2.05) is 25.1 Å². The number of aromatic nitrogens is 2. The maximum Gasteiger partial charge on any atom is 0.416 e. The highest BCUT2D eigenvalue weighted by Crippen LogP contribution is 2.32. The number of nitrogen functional groups attached to an aromatic ring is 1. The van der Waals surface area contributed by atoms with Crippen molar-refractivity contribution in [1.29, 1.82) is 0 Å². The molecule has 0 spiro atoms. The molecule has 1 amide bonds. The number of pyridine rings is 2. The van der Waals surface area contributed by atoms with Crippen molar-refractivity contribution in [3.63, 3.8) is 0 Å². The van der Waals surface area contributed by atoms with Crippen LogP contribution in [-0.2, 0) is 12.6 Å². The molecule has 0 aliphatic carbocycles. The van der Waals surface area contributed by atoms with Crippen molar-refractivity contribution >= 4 is 23.2 Å². The Morgan fingerprint density at radius 3 is 2.44 bits per heavy atom. The summed E-state index contributed by atoms with van der Waals surface area (Å²) in [5.41, 5.74) is 8.56. The number of amides is 1. The van der Waals surface area contributed by atoms with Crippen LogP contribution < -0.4 is 16.4 Å². The van der Waals surface area contributed by atoms with E-state index in [2.05, 4.69) is 20.6 Å². The predicted molar refractivity (Wildman–Crippen MR) is 135 cm³/mol. The fraction of sp³-hybridized carbons (Fsp3) is 0.148. The number of carbonyl (C=O) groups is 1. The minimum atomic E-state index is -4.42. The van der Waals surface area contributed by atoms with Gasteiger partial charge in [0.15, 0.2) is 0 Å². The summed E-state index contributed by atoms with van der Waals surface area (Å²) in [5.74, 6) is 0.725. The molecule has 0 fully saturated rings. The number of nitrogens with one attached hydrogen (secondary N) is 2. The van der Waals surface area contributed by atoms with Crippen LogP contribution in [0.3, 0.4) is 0 Å². The number of alkyl halides is 3. The molecule has 4 aromatic rings. The molecule has 0 saturated carbocycles. The van der Waals surface area contributed by atoms with E-state index < -0.39 is 11.7 Å². The van der Waals surface area contributed by atoms with Crippen LogP contribution in [0.25, 0.3) is 11.1 Å². The number of anilines is 3. The van der Waals surface area contributed by atoms with Crippen molar-refractivity contribution in [3.05, 3.63) is 101 Å². The van der Waals surface area contributed by atoms with Crippen LogP contribution in [0.15, 0.2) is 79.0 Å². The molecule has 0 atom stereocenters. The quantitative estimate of drug-likeness (QED) is 0.297. The number of hydrogen-bond acceptors (Lipinski definition) is 5. The summed E-state index contributed by atoms with van der Waals surface area (Å²) >= 11 is 0. The van der Waals surface area contributed by atoms with Crippen molar-refractivity contribution in [3.8, 4) is 11.1 Å². The highest BCUT2D eigenvalue weighted by Gasteiger charge is 2.30. The zero-order chi connectivity index (χ0) is 25.7. The van der Waals surface area contributed by atoms with Crippen molar-refractivity contribution in [2.24, 2.45) is 0 Å². The largest absolute Gasteiger partial charge is 0.416 e. The number of nitrogens with two attached hydrogens (primary N) is 1. The van der Waals surface area contributed by atoms with Crippen molar-refractivity contribution in [1.82, 2.24) is 9.97 Å². The third kappa shape index (κ3) is 6.18. The number of aryl methyl sites for hydroxylation is 1. The highest BCUT2D eigenvalue weighted by molar-refractivity contribution is 6.08. The minimum Gasteiger partial charge on any atom is -0.384 e. The highest BCUT2D eigenvalue weighted by atomic mass is 19.4. The summed E-state index contributed by atoms with van der Waals surface area (Å²) in [4.78, 5) is 21.7. The first kappa shape index (κ1) is 24.7. The maximum atomic E-state index is 13.1. The van der Waals surface area contributed by atoms with Gasteiger partial charge >= 0.3 is 6.18 Å². The summed E-state index contributed by atoms with van der Waals surface area (Å²) < 4.78 is 38.8. The summed E-state index contributed by atoms with van der Waals surface area (Å²) in [6.45, 7) is 2.45. The first-order valence-corrected chi connectivity index (χ1v) is 11.2. The summed E-state index contributed by atoms with van der Waals surface area (Å²) in [6.07, 6.45) is -2.22. The van der Waals surface area contributed by atoms with Crippen LogP contribution in [0, 0.1) is 6.92 Å². The second-order valence-electron chi connectivity index (χ2n) is 8.24. The van der Waals surface area contributed by atoms with Crippen LogP contribution in [0.1, 0.15) is 27.2 Å². The molecule has 184 valence electrons. The Hall–Kier alpha value is -4.40. The van der Waals surface area contributed by atoms with E-state index in [-0.39, 0.29) is 5.91 Å². The maximum absolute atomic E-state index is 13.1. The lowest BCUT2D eigenvalue weighted by Crippen LogP contribution is -2.14. The van der Waals surface area contributed by atoms with Crippen LogP contribution in [0.4, 0.5) is 30.5 Å². The smallest absolute Gasteiger partial charge is 0.384 e. The Kier molecular flexibility index (Phi) is 7.19. The Morgan fingerprint density at radius 1 is 1.00 bits per heavy atom. The normalized spacial score (nSPS) is 11.2. The first-order valence-electron chi connectivity index (χ1n) is 11.2. The van der Waals surface area contributed by atoms with E-state index in [4.69, 9.17) is 5.73 Å². The van der Waals surface area contributed by atoms with Crippen molar-refractivity contribution < 1.29 is 18.0 Å². The number of halogens is 3. The molecule has 2 aromatic carbocycles. The van der Waals surface area contributed by atoms with Gasteiger partial charge in [0.2, 0.25) is 0 Å². The molecule has 0 aliphatic rings. The summed E-state index contributed by atoms with van der Waals surface area (Å²) in [6, 6.07) is 18.9. The van der Waals surface area contributed by atoms with Gasteiger partial charge in [0.25, 0.3) is 5.91 Å². The molecule has 36 heavy (non-hydrogen) atoms. The Bertz CT molecular complexity index is 1350. The van der Waals surface area contributed by atoms with E-state index in [0.29, 0.717) is 47.0 Å². The van der Waals surface area contributed by atoms with Gasteiger partial charge in [0, 0.05) is 24.2 Å². The molecule has 2 aromatic heterocycles. The van der Waals surface area contributed by atoms with Crippen molar-refractivity contribution in [2.45, 2.75) is 19.5 Å². The molecular weight excluding hydrogens is 467 g/mol. The molecule has 2 heterocycles. The van der Waals surface area contributed by atoms with Crippen LogP contribution in [-0.4, -0.2) is 22.4 Å². The van der Waals surface area contributed by atoms with E-state index in [1.165, 1.54) is 18.3 Å². The van der Waals surface area contributed by atoms with Gasteiger partial charge in [-0.25, -0.2) is 9.97 Å². The summed E-state index contributed by atoms with van der Waals surface area (Å²) in [7, 11) is 0. The van der Waals surface area contributed by atoms with E-state index >= 15 is 0 Å². The fourth-order valence-electron chi connectivity index (χ4n) is 3.66. The molecule has 0 saturated heterocycles. The average Bonchev–Trinajstić information content (AvgIpc) is 2.85. The predicted octanol–water partition coefficient (Wildman–Crippen LogP) is 5.96. The molecular formula is C27H24F3N5O. The SMILES string of the molecule is Cc1ccc(-c2ccc(C(F)(F)F)cc2)c(C(=O)Nc2ccc(NCCc3cccc(N)n3)nc2)c1. The average molecular weight is 492 g/mol. The van der Waals surface area contributed by atoms with Gasteiger partial charge in [0.1, 0.15) is 11.6 Å². The lowest BCUT2D eigenvalue weighted by Gasteiger charge is -2.13. The third-order valence-corrected chi connectivity index (χ3v) is 5.48. The number of nitrogens with zero attached hydrogens (tertiary/aromatic N) is 2. The zero-order valence-corrected chi connectivity index (χ0v) is 19.4. The lowest BCUT2D eigenvalue weighted by molar-refractivity contribution is -0.137. The zero-order valence-electron chi connectivity index (χ0n) is 19.4. The molecule has 6 nitrogen and oxygen atoms in total.